The molecule has 0 aromatic heterocycles. The van der Waals surface area contributed by atoms with Crippen LogP contribution in [0.25, 0.3) is 0 Å². The Morgan fingerprint density at radius 3 is 2.50 bits per heavy atom. The number of nitrogens with zero attached hydrogens (tertiary/aromatic N) is 2. The summed E-state index contributed by atoms with van der Waals surface area (Å²) in [6.07, 6.45) is -0.144. The Bertz CT molecular complexity index is 836. The van der Waals surface area contributed by atoms with Gasteiger partial charge in [0, 0.05) is 25.7 Å². The molecule has 2 unspecified atom stereocenters. The lowest BCUT2D eigenvalue weighted by Gasteiger charge is -2.38. The molecule has 3 N–H and O–H groups in total. The van der Waals surface area contributed by atoms with Crippen LogP contribution in [-0.4, -0.2) is 43.0 Å². The van der Waals surface area contributed by atoms with Gasteiger partial charge < -0.3 is 20.7 Å². The number of hydrogen-bond donors (Lipinski definition) is 2. The van der Waals surface area contributed by atoms with E-state index in [1.807, 2.05) is 19.1 Å². The zero-order chi connectivity index (χ0) is 20.1. The van der Waals surface area contributed by atoms with Gasteiger partial charge in [0.2, 0.25) is 5.91 Å². The molecule has 3 rings (SSSR count). The lowest BCUT2D eigenvalue weighted by atomic mass is 10.1. The van der Waals surface area contributed by atoms with Gasteiger partial charge in [-0.15, -0.1) is 0 Å². The monoisotopic (exact) mass is 384 g/mol. The molecule has 2 atom stereocenters. The van der Waals surface area contributed by atoms with Crippen molar-refractivity contribution < 1.29 is 13.9 Å². The van der Waals surface area contributed by atoms with Crippen LogP contribution < -0.4 is 11.1 Å². The van der Waals surface area contributed by atoms with Crippen molar-refractivity contribution >= 4 is 11.9 Å². The molecule has 6 nitrogen and oxygen atoms in total. The maximum Gasteiger partial charge on any atom is 0.248 e. The minimum Gasteiger partial charge on any atom is -0.367 e. The lowest BCUT2D eigenvalue weighted by Crippen LogP contribution is -2.50. The smallest absolute Gasteiger partial charge is 0.248 e. The summed E-state index contributed by atoms with van der Waals surface area (Å²) >= 11 is 0. The number of amides is 1. The molecular formula is C21H25FN4O2. The predicted molar refractivity (Wildman–Crippen MR) is 106 cm³/mol. The summed E-state index contributed by atoms with van der Waals surface area (Å²) in [4.78, 5) is 17.7. The van der Waals surface area contributed by atoms with Crippen LogP contribution in [0, 0.1) is 5.82 Å². The van der Waals surface area contributed by atoms with Crippen LogP contribution in [-0.2, 0) is 11.3 Å². The van der Waals surface area contributed by atoms with Gasteiger partial charge in [-0.05, 0) is 42.3 Å². The molecule has 148 valence electrons. The third-order valence-corrected chi connectivity index (χ3v) is 4.70. The highest BCUT2D eigenvalue weighted by atomic mass is 19.1. The molecule has 1 fully saturated rings. The fraction of sp³-hybridized carbons (Fsp3) is 0.333. The number of guanidine groups is 1. The molecule has 0 saturated carbocycles. The van der Waals surface area contributed by atoms with Crippen LogP contribution in [0.15, 0.2) is 53.5 Å². The Labute approximate surface area is 164 Å². The van der Waals surface area contributed by atoms with Crippen LogP contribution in [0.5, 0.6) is 0 Å². The van der Waals surface area contributed by atoms with Crippen molar-refractivity contribution in [2.45, 2.75) is 25.7 Å². The average molecular weight is 384 g/mol. The Morgan fingerprint density at radius 1 is 1.21 bits per heavy atom. The number of hydrogen-bond acceptors (Lipinski definition) is 3. The Balaban J connectivity index is 1.65. The second-order valence-corrected chi connectivity index (χ2v) is 6.85. The number of benzene rings is 2. The van der Waals surface area contributed by atoms with Crippen LogP contribution >= 0.6 is 0 Å². The maximum atomic E-state index is 13.2. The van der Waals surface area contributed by atoms with Crippen molar-refractivity contribution in [2.75, 3.05) is 20.1 Å². The van der Waals surface area contributed by atoms with Crippen molar-refractivity contribution in [1.29, 1.82) is 0 Å². The van der Waals surface area contributed by atoms with Crippen LogP contribution in [0.2, 0.25) is 0 Å². The summed E-state index contributed by atoms with van der Waals surface area (Å²) < 4.78 is 19.3. The Hall–Kier alpha value is -2.93. The molecule has 1 aliphatic rings. The van der Waals surface area contributed by atoms with Gasteiger partial charge in [-0.2, -0.15) is 0 Å². The molecule has 28 heavy (non-hydrogen) atoms. The largest absolute Gasteiger partial charge is 0.367 e. The normalized spacial score (nSPS) is 20.1. The summed E-state index contributed by atoms with van der Waals surface area (Å²) in [6.45, 7) is 3.91. The van der Waals surface area contributed by atoms with Crippen molar-refractivity contribution in [1.82, 2.24) is 10.2 Å². The van der Waals surface area contributed by atoms with E-state index in [1.54, 1.807) is 31.3 Å². The summed E-state index contributed by atoms with van der Waals surface area (Å²) in [6, 6.07) is 13.6. The van der Waals surface area contributed by atoms with Crippen molar-refractivity contribution in [3.63, 3.8) is 0 Å². The van der Waals surface area contributed by atoms with Crippen LogP contribution in [0.4, 0.5) is 4.39 Å². The number of morpholine rings is 1. The number of carbonyl (C=O) groups excluding carboxylic acids is 1. The third kappa shape index (κ3) is 4.86. The lowest BCUT2D eigenvalue weighted by molar-refractivity contribution is -0.0605. The first-order valence-electron chi connectivity index (χ1n) is 9.21. The number of primary amides is 1. The topological polar surface area (TPSA) is 79.9 Å². The highest BCUT2D eigenvalue weighted by Gasteiger charge is 2.28. The number of carbonyl (C=O) groups is 1. The van der Waals surface area contributed by atoms with Gasteiger partial charge in [0.1, 0.15) is 11.9 Å². The highest BCUT2D eigenvalue weighted by Crippen LogP contribution is 2.25. The molecule has 1 heterocycles. The van der Waals surface area contributed by atoms with Gasteiger partial charge in [0.15, 0.2) is 5.96 Å². The van der Waals surface area contributed by atoms with Crippen LogP contribution in [0.3, 0.4) is 0 Å². The molecular weight excluding hydrogens is 359 g/mol. The molecule has 1 saturated heterocycles. The van der Waals surface area contributed by atoms with E-state index in [2.05, 4.69) is 15.2 Å². The molecule has 2 aromatic carbocycles. The summed E-state index contributed by atoms with van der Waals surface area (Å²) in [5, 5.41) is 3.35. The fourth-order valence-electron chi connectivity index (χ4n) is 3.29. The number of nitrogens with one attached hydrogen (secondary N) is 1. The van der Waals surface area contributed by atoms with E-state index in [9.17, 15) is 9.18 Å². The molecule has 1 aliphatic heterocycles. The predicted octanol–water partition coefficient (Wildman–Crippen LogP) is 2.46. The third-order valence-electron chi connectivity index (χ3n) is 4.70. The van der Waals surface area contributed by atoms with E-state index in [1.165, 1.54) is 12.1 Å². The number of aliphatic imine (C=N–C) groups is 1. The SMILES string of the molecule is CN=C(NCc1ccc(C(N)=O)cc1)N1CC(C)OC(c2ccc(F)cc2)C1. The molecule has 1 amide bonds. The van der Waals surface area contributed by atoms with Gasteiger partial charge in [-0.3, -0.25) is 9.79 Å². The maximum absolute atomic E-state index is 13.2. The van der Waals surface area contributed by atoms with E-state index >= 15 is 0 Å². The number of nitrogens with two attached hydrogens (primary N) is 1. The fourth-order valence-corrected chi connectivity index (χ4v) is 3.29. The first-order valence-corrected chi connectivity index (χ1v) is 9.21. The zero-order valence-electron chi connectivity index (χ0n) is 16.1. The summed E-state index contributed by atoms with van der Waals surface area (Å²) in [7, 11) is 1.74. The Kier molecular flexibility index (Phi) is 6.26. The average Bonchev–Trinajstić information content (AvgIpc) is 2.69. The van der Waals surface area contributed by atoms with E-state index in [4.69, 9.17) is 10.5 Å². The van der Waals surface area contributed by atoms with Crippen molar-refractivity contribution in [3.05, 3.63) is 71.0 Å². The van der Waals surface area contributed by atoms with Gasteiger partial charge in [0.25, 0.3) is 0 Å². The van der Waals surface area contributed by atoms with E-state index in [0.717, 1.165) is 17.1 Å². The minimum absolute atomic E-state index is 0.0113. The molecule has 0 aliphatic carbocycles. The summed E-state index contributed by atoms with van der Waals surface area (Å²) in [5.74, 6) is 0.0648. The summed E-state index contributed by atoms with van der Waals surface area (Å²) in [5.41, 5.74) is 7.71. The number of ether oxygens (including phenoxy) is 1. The highest BCUT2D eigenvalue weighted by molar-refractivity contribution is 5.92. The van der Waals surface area contributed by atoms with Crippen molar-refractivity contribution in [3.8, 4) is 0 Å². The quantitative estimate of drug-likeness (QED) is 0.627. The number of halogens is 1. The van der Waals surface area contributed by atoms with Gasteiger partial charge in [-0.25, -0.2) is 4.39 Å². The second-order valence-electron chi connectivity index (χ2n) is 6.85. The standard InChI is InChI=1S/C21H25FN4O2/c1-14-12-26(13-19(28-14)16-7-9-18(22)10-8-16)21(24-2)25-11-15-3-5-17(6-4-15)20(23)27/h3-10,14,19H,11-13H2,1-2H3,(H2,23,27)(H,24,25). The van der Waals surface area contributed by atoms with Gasteiger partial charge >= 0.3 is 0 Å². The molecule has 0 radical (unpaired) electrons. The van der Waals surface area contributed by atoms with E-state index < -0.39 is 5.91 Å². The zero-order valence-corrected chi connectivity index (χ0v) is 16.1. The first-order chi connectivity index (χ1) is 13.5. The number of rotatable bonds is 4. The minimum atomic E-state index is -0.440. The van der Waals surface area contributed by atoms with Gasteiger partial charge in [-0.1, -0.05) is 24.3 Å². The molecule has 2 aromatic rings. The Morgan fingerprint density at radius 2 is 1.89 bits per heavy atom. The molecule has 0 bridgehead atoms. The molecule has 7 heteroatoms. The van der Waals surface area contributed by atoms with E-state index in [-0.39, 0.29) is 18.0 Å². The van der Waals surface area contributed by atoms with Crippen LogP contribution in [0.1, 0.15) is 34.5 Å². The van der Waals surface area contributed by atoms with Crippen molar-refractivity contribution in [2.24, 2.45) is 10.7 Å². The first kappa shape index (κ1) is 19.8. The van der Waals surface area contributed by atoms with E-state index in [0.29, 0.717) is 25.2 Å². The molecule has 0 spiro atoms. The van der Waals surface area contributed by atoms with Gasteiger partial charge in [0.05, 0.1) is 12.6 Å². The second kappa shape index (κ2) is 8.84.